The molecule has 0 spiro atoms. The van der Waals surface area contributed by atoms with Gasteiger partial charge in [-0.1, -0.05) is 17.7 Å². The molecule has 1 atom stereocenters. The molecule has 0 fully saturated rings. The largest absolute Gasteiger partial charge is 0.393 e. The second-order valence-electron chi connectivity index (χ2n) is 3.85. The summed E-state index contributed by atoms with van der Waals surface area (Å²) in [6, 6.07) is 4.18. The molecule has 0 amide bonds. The van der Waals surface area contributed by atoms with E-state index in [0.717, 1.165) is 6.07 Å². The summed E-state index contributed by atoms with van der Waals surface area (Å²) in [6.45, 7) is -0.636. The average Bonchev–Trinajstić information content (AvgIpc) is 2.28. The molecule has 0 aliphatic heterocycles. The number of aliphatic hydroxyl groups is 1. The number of halogens is 4. The molecular formula is C12H14ClF3O2. The lowest BCUT2D eigenvalue weighted by atomic mass is 10.1. The van der Waals surface area contributed by atoms with Crippen LogP contribution in [0.4, 0.5) is 13.2 Å². The van der Waals surface area contributed by atoms with Gasteiger partial charge in [0, 0.05) is 18.1 Å². The van der Waals surface area contributed by atoms with Gasteiger partial charge >= 0.3 is 0 Å². The van der Waals surface area contributed by atoms with Crippen LogP contribution in [-0.4, -0.2) is 30.8 Å². The third-order valence-electron chi connectivity index (χ3n) is 2.31. The fourth-order valence-electron chi connectivity index (χ4n) is 1.43. The predicted molar refractivity (Wildman–Crippen MR) is 62.6 cm³/mol. The zero-order valence-electron chi connectivity index (χ0n) is 9.58. The van der Waals surface area contributed by atoms with Gasteiger partial charge < -0.3 is 9.84 Å². The number of hydrogen-bond donors (Lipinski definition) is 1. The van der Waals surface area contributed by atoms with Gasteiger partial charge in [-0.15, -0.1) is 0 Å². The van der Waals surface area contributed by atoms with E-state index in [4.69, 9.17) is 11.6 Å². The third kappa shape index (κ3) is 5.71. The Balaban J connectivity index is 2.33. The van der Waals surface area contributed by atoms with Crippen LogP contribution in [0.2, 0.25) is 5.02 Å². The molecular weight excluding hydrogens is 269 g/mol. The van der Waals surface area contributed by atoms with Gasteiger partial charge in [-0.3, -0.25) is 0 Å². The quantitative estimate of drug-likeness (QED) is 0.779. The van der Waals surface area contributed by atoms with Gasteiger partial charge in [-0.2, -0.15) is 0 Å². The summed E-state index contributed by atoms with van der Waals surface area (Å²) >= 11 is 5.59. The van der Waals surface area contributed by atoms with Crippen molar-refractivity contribution < 1.29 is 23.0 Å². The SMILES string of the molecule is OC(CCOCC(F)F)Cc1ccc(Cl)cc1F. The van der Waals surface area contributed by atoms with Gasteiger partial charge in [-0.25, -0.2) is 13.2 Å². The summed E-state index contributed by atoms with van der Waals surface area (Å²) in [7, 11) is 0. The van der Waals surface area contributed by atoms with Crippen LogP contribution in [0.5, 0.6) is 0 Å². The van der Waals surface area contributed by atoms with Crippen LogP contribution in [0, 0.1) is 5.82 Å². The first-order valence-electron chi connectivity index (χ1n) is 5.47. The van der Waals surface area contributed by atoms with Gasteiger partial charge in [0.2, 0.25) is 0 Å². The maximum absolute atomic E-state index is 13.4. The Labute approximate surface area is 108 Å². The smallest absolute Gasteiger partial charge is 0.261 e. The topological polar surface area (TPSA) is 29.5 Å². The van der Waals surface area contributed by atoms with Crippen molar-refractivity contribution in [2.75, 3.05) is 13.2 Å². The van der Waals surface area contributed by atoms with E-state index in [1.54, 1.807) is 0 Å². The second-order valence-corrected chi connectivity index (χ2v) is 4.28. The normalized spacial score (nSPS) is 13.0. The van der Waals surface area contributed by atoms with Crippen molar-refractivity contribution in [2.45, 2.75) is 25.4 Å². The van der Waals surface area contributed by atoms with Crippen molar-refractivity contribution in [1.82, 2.24) is 0 Å². The number of ether oxygens (including phenoxy) is 1. The molecule has 18 heavy (non-hydrogen) atoms. The van der Waals surface area contributed by atoms with E-state index in [1.807, 2.05) is 0 Å². The Morgan fingerprint density at radius 3 is 2.67 bits per heavy atom. The minimum Gasteiger partial charge on any atom is -0.393 e. The highest BCUT2D eigenvalue weighted by Crippen LogP contribution is 2.16. The van der Waals surface area contributed by atoms with Crippen LogP contribution in [0.25, 0.3) is 0 Å². The van der Waals surface area contributed by atoms with Crippen molar-refractivity contribution in [2.24, 2.45) is 0 Å². The molecule has 1 N–H and O–H groups in total. The van der Waals surface area contributed by atoms with E-state index in [-0.39, 0.29) is 24.5 Å². The molecule has 0 aromatic heterocycles. The zero-order chi connectivity index (χ0) is 13.5. The van der Waals surface area contributed by atoms with Crippen LogP contribution < -0.4 is 0 Å². The van der Waals surface area contributed by atoms with Crippen molar-refractivity contribution in [3.63, 3.8) is 0 Å². The van der Waals surface area contributed by atoms with E-state index < -0.39 is 25.0 Å². The van der Waals surface area contributed by atoms with Crippen molar-refractivity contribution in [3.05, 3.63) is 34.6 Å². The first kappa shape index (κ1) is 15.3. The summed E-state index contributed by atoms with van der Waals surface area (Å²) in [4.78, 5) is 0. The maximum atomic E-state index is 13.4. The van der Waals surface area contributed by atoms with Crippen LogP contribution in [-0.2, 0) is 11.2 Å². The minimum absolute atomic E-state index is 0.0146. The molecule has 0 saturated heterocycles. The zero-order valence-corrected chi connectivity index (χ0v) is 10.3. The number of rotatable bonds is 7. The molecule has 0 bridgehead atoms. The van der Waals surface area contributed by atoms with E-state index in [1.165, 1.54) is 12.1 Å². The van der Waals surface area contributed by atoms with Crippen LogP contribution in [0.1, 0.15) is 12.0 Å². The molecule has 6 heteroatoms. The predicted octanol–water partition coefficient (Wildman–Crippen LogP) is 3.05. The molecule has 2 nitrogen and oxygen atoms in total. The molecule has 0 heterocycles. The highest BCUT2D eigenvalue weighted by atomic mass is 35.5. The lowest BCUT2D eigenvalue weighted by molar-refractivity contribution is 0.00506. The average molecular weight is 283 g/mol. The fraction of sp³-hybridized carbons (Fsp3) is 0.500. The van der Waals surface area contributed by atoms with Gasteiger partial charge in [0.05, 0.1) is 6.10 Å². The van der Waals surface area contributed by atoms with E-state index >= 15 is 0 Å². The molecule has 1 unspecified atom stereocenters. The third-order valence-corrected chi connectivity index (χ3v) is 2.54. The molecule has 1 aromatic carbocycles. The highest BCUT2D eigenvalue weighted by molar-refractivity contribution is 6.30. The number of benzene rings is 1. The van der Waals surface area contributed by atoms with E-state index in [0.29, 0.717) is 5.56 Å². The molecule has 1 rings (SSSR count). The second kappa shape index (κ2) is 7.61. The number of hydrogen-bond acceptors (Lipinski definition) is 2. The number of alkyl halides is 2. The number of aliphatic hydroxyl groups excluding tert-OH is 1. The first-order valence-corrected chi connectivity index (χ1v) is 5.84. The maximum Gasteiger partial charge on any atom is 0.261 e. The summed E-state index contributed by atoms with van der Waals surface area (Å²) in [5.41, 5.74) is 0.334. The minimum atomic E-state index is -2.52. The van der Waals surface area contributed by atoms with Crippen LogP contribution >= 0.6 is 11.6 Å². The fourth-order valence-corrected chi connectivity index (χ4v) is 1.59. The van der Waals surface area contributed by atoms with Gasteiger partial charge in [-0.05, 0) is 24.1 Å². The lowest BCUT2D eigenvalue weighted by Gasteiger charge is -2.11. The lowest BCUT2D eigenvalue weighted by Crippen LogP contribution is -2.16. The Bertz CT molecular complexity index is 374. The standard InChI is InChI=1S/C12H14ClF3O2/c13-9-2-1-8(11(14)6-9)5-10(17)3-4-18-7-12(15)16/h1-2,6,10,12,17H,3-5,7H2. The summed E-state index contributed by atoms with van der Waals surface area (Å²) in [6.07, 6.45) is -3.08. The summed E-state index contributed by atoms with van der Waals surface area (Å²) in [5.74, 6) is -0.491. The Hall–Kier alpha value is -0.780. The molecule has 0 saturated carbocycles. The Morgan fingerprint density at radius 1 is 1.33 bits per heavy atom. The highest BCUT2D eigenvalue weighted by Gasteiger charge is 2.10. The van der Waals surface area contributed by atoms with E-state index in [2.05, 4.69) is 4.74 Å². The van der Waals surface area contributed by atoms with Gasteiger partial charge in [0.1, 0.15) is 12.4 Å². The van der Waals surface area contributed by atoms with Gasteiger partial charge in [0.15, 0.2) is 0 Å². The monoisotopic (exact) mass is 282 g/mol. The van der Waals surface area contributed by atoms with Crippen molar-refractivity contribution >= 4 is 11.6 Å². The first-order chi connectivity index (χ1) is 8.49. The molecule has 0 radical (unpaired) electrons. The van der Waals surface area contributed by atoms with Crippen molar-refractivity contribution in [3.8, 4) is 0 Å². The molecule has 0 aliphatic rings. The summed E-state index contributed by atoms with van der Waals surface area (Å²) in [5, 5.41) is 9.88. The van der Waals surface area contributed by atoms with E-state index in [9.17, 15) is 18.3 Å². The molecule has 1 aromatic rings. The Morgan fingerprint density at radius 2 is 2.06 bits per heavy atom. The summed E-state index contributed by atoms with van der Waals surface area (Å²) < 4.78 is 41.5. The van der Waals surface area contributed by atoms with Gasteiger partial charge in [0.25, 0.3) is 6.43 Å². The molecule has 0 aliphatic carbocycles. The van der Waals surface area contributed by atoms with Crippen molar-refractivity contribution in [1.29, 1.82) is 0 Å². The van der Waals surface area contributed by atoms with Crippen LogP contribution in [0.15, 0.2) is 18.2 Å². The Kier molecular flexibility index (Phi) is 6.46. The van der Waals surface area contributed by atoms with Crippen LogP contribution in [0.3, 0.4) is 0 Å². The molecule has 102 valence electrons.